The van der Waals surface area contributed by atoms with Gasteiger partial charge in [0, 0.05) is 5.54 Å². The van der Waals surface area contributed by atoms with Crippen molar-refractivity contribution in [1.29, 1.82) is 0 Å². The van der Waals surface area contributed by atoms with Crippen molar-refractivity contribution in [2.45, 2.75) is 64.8 Å². The fourth-order valence-corrected chi connectivity index (χ4v) is 2.95. The van der Waals surface area contributed by atoms with Gasteiger partial charge in [-0.3, -0.25) is 0 Å². The van der Waals surface area contributed by atoms with Gasteiger partial charge in [0.05, 0.1) is 0 Å². The van der Waals surface area contributed by atoms with E-state index in [0.29, 0.717) is 5.41 Å². The van der Waals surface area contributed by atoms with Crippen LogP contribution in [0.1, 0.15) is 64.0 Å². The van der Waals surface area contributed by atoms with Gasteiger partial charge in [0.25, 0.3) is 0 Å². The molecule has 100 valence electrons. The van der Waals surface area contributed by atoms with E-state index in [1.165, 1.54) is 36.8 Å². The third-order valence-corrected chi connectivity index (χ3v) is 4.56. The van der Waals surface area contributed by atoms with E-state index in [2.05, 4.69) is 45.0 Å². The Bertz CT molecular complexity index is 379. The summed E-state index contributed by atoms with van der Waals surface area (Å²) in [6, 6.07) is 9.02. The number of hydrogen-bond donors (Lipinski definition) is 1. The molecule has 1 saturated carbocycles. The Morgan fingerprint density at radius 1 is 1.00 bits per heavy atom. The van der Waals surface area contributed by atoms with Crippen LogP contribution in [0.15, 0.2) is 24.3 Å². The maximum Gasteiger partial charge on any atom is 0.0410 e. The van der Waals surface area contributed by atoms with Gasteiger partial charge in [0.1, 0.15) is 0 Å². The van der Waals surface area contributed by atoms with E-state index in [-0.39, 0.29) is 5.54 Å². The molecule has 1 fully saturated rings. The molecule has 0 atom stereocenters. The molecule has 0 radical (unpaired) electrons. The van der Waals surface area contributed by atoms with E-state index in [1.54, 1.807) is 0 Å². The Morgan fingerprint density at radius 2 is 1.56 bits per heavy atom. The molecule has 0 saturated heterocycles. The van der Waals surface area contributed by atoms with Crippen LogP contribution in [0.2, 0.25) is 0 Å². The SMILES string of the molecule is CCCc1ccc(C2(N)CCC(C)(C)CC2)cc1. The standard InChI is InChI=1S/C17H27N/c1-4-5-14-6-8-15(9-7-14)17(18)12-10-16(2,3)11-13-17/h6-9H,4-5,10-13,18H2,1-3H3. The average molecular weight is 245 g/mol. The van der Waals surface area contributed by atoms with Crippen molar-refractivity contribution in [2.24, 2.45) is 11.1 Å². The summed E-state index contributed by atoms with van der Waals surface area (Å²) in [7, 11) is 0. The Kier molecular flexibility index (Phi) is 3.82. The summed E-state index contributed by atoms with van der Waals surface area (Å²) in [6.45, 7) is 6.94. The second-order valence-corrected chi connectivity index (χ2v) is 6.77. The molecule has 2 rings (SSSR count). The predicted molar refractivity (Wildman–Crippen MR) is 78.6 cm³/mol. The smallest absolute Gasteiger partial charge is 0.0410 e. The third kappa shape index (κ3) is 2.95. The number of aryl methyl sites for hydroxylation is 1. The zero-order valence-electron chi connectivity index (χ0n) is 12.1. The molecular weight excluding hydrogens is 218 g/mol. The quantitative estimate of drug-likeness (QED) is 0.839. The molecule has 0 unspecified atom stereocenters. The zero-order chi connectivity index (χ0) is 13.2. The van der Waals surface area contributed by atoms with Gasteiger partial charge in [-0.2, -0.15) is 0 Å². The van der Waals surface area contributed by atoms with Gasteiger partial charge < -0.3 is 5.73 Å². The van der Waals surface area contributed by atoms with E-state index < -0.39 is 0 Å². The van der Waals surface area contributed by atoms with Crippen molar-refractivity contribution >= 4 is 0 Å². The van der Waals surface area contributed by atoms with Gasteiger partial charge in [-0.15, -0.1) is 0 Å². The number of benzene rings is 1. The molecule has 1 aliphatic rings. The highest BCUT2D eigenvalue weighted by Gasteiger charge is 2.36. The molecule has 0 aromatic heterocycles. The minimum atomic E-state index is -0.0831. The first-order valence-electron chi connectivity index (χ1n) is 7.33. The summed E-state index contributed by atoms with van der Waals surface area (Å²) in [4.78, 5) is 0. The van der Waals surface area contributed by atoms with Crippen LogP contribution < -0.4 is 5.73 Å². The van der Waals surface area contributed by atoms with Crippen LogP contribution in [-0.4, -0.2) is 0 Å². The van der Waals surface area contributed by atoms with Crippen molar-refractivity contribution < 1.29 is 0 Å². The summed E-state index contributed by atoms with van der Waals surface area (Å²) >= 11 is 0. The highest BCUT2D eigenvalue weighted by atomic mass is 14.8. The van der Waals surface area contributed by atoms with Crippen LogP contribution in [0.3, 0.4) is 0 Å². The van der Waals surface area contributed by atoms with E-state index in [9.17, 15) is 0 Å². The third-order valence-electron chi connectivity index (χ3n) is 4.56. The molecule has 0 spiro atoms. The first-order valence-corrected chi connectivity index (χ1v) is 7.33. The largest absolute Gasteiger partial charge is 0.321 e. The fourth-order valence-electron chi connectivity index (χ4n) is 2.95. The average Bonchev–Trinajstić information content (AvgIpc) is 2.35. The first kappa shape index (κ1) is 13.6. The molecule has 0 bridgehead atoms. The second kappa shape index (κ2) is 5.05. The normalized spacial score (nSPS) is 21.8. The minimum Gasteiger partial charge on any atom is -0.321 e. The van der Waals surface area contributed by atoms with Crippen molar-refractivity contribution in [1.82, 2.24) is 0 Å². The Hall–Kier alpha value is -0.820. The predicted octanol–water partition coefficient (Wildman–Crippen LogP) is 4.39. The molecule has 2 N–H and O–H groups in total. The summed E-state index contributed by atoms with van der Waals surface area (Å²) in [5.74, 6) is 0. The lowest BCUT2D eigenvalue weighted by atomic mass is 9.67. The van der Waals surface area contributed by atoms with Gasteiger partial charge in [-0.25, -0.2) is 0 Å². The van der Waals surface area contributed by atoms with Gasteiger partial charge in [0.15, 0.2) is 0 Å². The molecule has 0 heterocycles. The highest BCUT2D eigenvalue weighted by molar-refractivity contribution is 5.29. The summed E-state index contributed by atoms with van der Waals surface area (Å²) in [6.07, 6.45) is 7.09. The molecule has 1 aromatic carbocycles. The van der Waals surface area contributed by atoms with Crippen molar-refractivity contribution in [2.75, 3.05) is 0 Å². The van der Waals surface area contributed by atoms with E-state index >= 15 is 0 Å². The van der Waals surface area contributed by atoms with E-state index in [0.717, 1.165) is 12.8 Å². The number of nitrogens with two attached hydrogens (primary N) is 1. The summed E-state index contributed by atoms with van der Waals surface area (Å²) in [5, 5.41) is 0. The summed E-state index contributed by atoms with van der Waals surface area (Å²) in [5.41, 5.74) is 9.78. The van der Waals surface area contributed by atoms with Crippen LogP contribution in [0.25, 0.3) is 0 Å². The molecule has 1 nitrogen and oxygen atoms in total. The Balaban J connectivity index is 2.11. The molecule has 1 aliphatic carbocycles. The van der Waals surface area contributed by atoms with Crippen LogP contribution in [0.5, 0.6) is 0 Å². The Labute approximate surface area is 112 Å². The van der Waals surface area contributed by atoms with E-state index in [4.69, 9.17) is 5.73 Å². The molecule has 18 heavy (non-hydrogen) atoms. The lowest BCUT2D eigenvalue weighted by molar-refractivity contribution is 0.165. The first-order chi connectivity index (χ1) is 8.45. The summed E-state index contributed by atoms with van der Waals surface area (Å²) < 4.78 is 0. The monoisotopic (exact) mass is 245 g/mol. The lowest BCUT2D eigenvalue weighted by Gasteiger charge is -2.41. The number of hydrogen-bond acceptors (Lipinski definition) is 1. The van der Waals surface area contributed by atoms with Crippen molar-refractivity contribution in [3.63, 3.8) is 0 Å². The molecular formula is C17H27N. The number of rotatable bonds is 3. The van der Waals surface area contributed by atoms with Gasteiger partial charge in [0.2, 0.25) is 0 Å². The molecule has 1 aromatic rings. The van der Waals surface area contributed by atoms with Gasteiger partial charge >= 0.3 is 0 Å². The van der Waals surface area contributed by atoms with Crippen LogP contribution >= 0.6 is 0 Å². The van der Waals surface area contributed by atoms with Crippen LogP contribution in [0, 0.1) is 5.41 Å². The topological polar surface area (TPSA) is 26.0 Å². The van der Waals surface area contributed by atoms with Gasteiger partial charge in [-0.1, -0.05) is 51.5 Å². The van der Waals surface area contributed by atoms with Gasteiger partial charge in [-0.05, 0) is 48.6 Å². The highest BCUT2D eigenvalue weighted by Crippen LogP contribution is 2.43. The fraction of sp³-hybridized carbons (Fsp3) is 0.647. The second-order valence-electron chi connectivity index (χ2n) is 6.77. The lowest BCUT2D eigenvalue weighted by Crippen LogP contribution is -2.42. The van der Waals surface area contributed by atoms with Crippen LogP contribution in [-0.2, 0) is 12.0 Å². The zero-order valence-corrected chi connectivity index (χ0v) is 12.1. The maximum atomic E-state index is 6.63. The molecule has 0 aliphatic heterocycles. The van der Waals surface area contributed by atoms with Crippen LogP contribution in [0.4, 0.5) is 0 Å². The molecule has 0 amide bonds. The molecule has 1 heteroatoms. The van der Waals surface area contributed by atoms with Crippen molar-refractivity contribution in [3.8, 4) is 0 Å². The van der Waals surface area contributed by atoms with E-state index in [1.807, 2.05) is 0 Å². The minimum absolute atomic E-state index is 0.0831. The Morgan fingerprint density at radius 3 is 2.06 bits per heavy atom. The van der Waals surface area contributed by atoms with Crippen molar-refractivity contribution in [3.05, 3.63) is 35.4 Å². The maximum absolute atomic E-state index is 6.63.